The summed E-state index contributed by atoms with van der Waals surface area (Å²) in [7, 11) is 0. The number of ether oxygens (including phenoxy) is 1. The van der Waals surface area contributed by atoms with Crippen LogP contribution in [-0.4, -0.2) is 23.1 Å². The first-order valence-corrected chi connectivity index (χ1v) is 8.46. The number of carbonyl (C=O) groups excluding carboxylic acids is 1. The molecule has 1 N–H and O–H groups in total. The number of rotatable bonds is 8. The minimum Gasteiger partial charge on any atom is -0.478 e. The van der Waals surface area contributed by atoms with Gasteiger partial charge in [0.1, 0.15) is 6.10 Å². The van der Waals surface area contributed by atoms with Gasteiger partial charge in [0.05, 0.1) is 11.1 Å². The molecule has 1 aromatic rings. The maximum Gasteiger partial charge on any atom is 0.339 e. The minimum absolute atomic E-state index is 0.0703. The maximum absolute atomic E-state index is 12.5. The van der Waals surface area contributed by atoms with Crippen molar-refractivity contribution in [2.45, 2.75) is 59.5 Å². The van der Waals surface area contributed by atoms with E-state index in [2.05, 4.69) is 6.92 Å². The zero-order valence-electron chi connectivity index (χ0n) is 14.2. The van der Waals surface area contributed by atoms with Crippen molar-refractivity contribution < 1.29 is 19.4 Å². The van der Waals surface area contributed by atoms with E-state index in [9.17, 15) is 14.7 Å². The number of benzene rings is 1. The lowest BCUT2D eigenvalue weighted by Gasteiger charge is -2.22. The molecule has 0 saturated carbocycles. The molecule has 0 aliphatic carbocycles. The van der Waals surface area contributed by atoms with E-state index in [1.807, 2.05) is 20.8 Å². The second kappa shape index (κ2) is 8.92. The van der Waals surface area contributed by atoms with Gasteiger partial charge in [-0.1, -0.05) is 52.1 Å². The predicted molar refractivity (Wildman–Crippen MR) is 91.4 cm³/mol. The molecule has 0 aromatic heterocycles. The van der Waals surface area contributed by atoms with Gasteiger partial charge >= 0.3 is 11.9 Å². The Hall–Kier alpha value is -1.55. The molecule has 0 heterocycles. The van der Waals surface area contributed by atoms with Crippen molar-refractivity contribution in [2.75, 3.05) is 0 Å². The van der Waals surface area contributed by atoms with Gasteiger partial charge in [-0.25, -0.2) is 9.59 Å². The highest BCUT2D eigenvalue weighted by atomic mass is 35.5. The highest BCUT2D eigenvalue weighted by Crippen LogP contribution is 2.25. The van der Waals surface area contributed by atoms with Crippen molar-refractivity contribution in [1.29, 1.82) is 0 Å². The minimum atomic E-state index is -1.18. The Morgan fingerprint density at radius 1 is 1.22 bits per heavy atom. The second-order valence-corrected chi connectivity index (χ2v) is 6.39. The largest absolute Gasteiger partial charge is 0.478 e. The molecule has 0 fully saturated rings. The quantitative estimate of drug-likeness (QED) is 0.678. The number of hydrogen-bond donors (Lipinski definition) is 1. The molecule has 1 unspecified atom stereocenters. The van der Waals surface area contributed by atoms with Crippen molar-refractivity contribution in [3.05, 3.63) is 33.8 Å². The van der Waals surface area contributed by atoms with Crippen LogP contribution in [0.3, 0.4) is 0 Å². The van der Waals surface area contributed by atoms with Gasteiger partial charge < -0.3 is 9.84 Å². The van der Waals surface area contributed by atoms with E-state index in [0.717, 1.165) is 24.8 Å². The van der Waals surface area contributed by atoms with Crippen LogP contribution in [0.15, 0.2) is 12.1 Å². The normalized spacial score (nSPS) is 12.3. The van der Waals surface area contributed by atoms with E-state index < -0.39 is 11.9 Å². The fourth-order valence-electron chi connectivity index (χ4n) is 2.37. The van der Waals surface area contributed by atoms with Crippen LogP contribution in [0.25, 0.3) is 0 Å². The lowest BCUT2D eigenvalue weighted by Crippen LogP contribution is -2.25. The predicted octanol–water partition coefficient (Wildman–Crippen LogP) is 4.97. The monoisotopic (exact) mass is 340 g/mol. The Kier molecular flexibility index (Phi) is 7.56. The molecular weight excluding hydrogens is 316 g/mol. The second-order valence-electron chi connectivity index (χ2n) is 5.98. The van der Waals surface area contributed by atoms with Crippen molar-refractivity contribution in [2.24, 2.45) is 5.92 Å². The zero-order valence-corrected chi connectivity index (χ0v) is 14.9. The van der Waals surface area contributed by atoms with Crippen molar-refractivity contribution in [1.82, 2.24) is 0 Å². The molecule has 0 spiro atoms. The number of carbonyl (C=O) groups is 2. The van der Waals surface area contributed by atoms with Gasteiger partial charge in [-0.2, -0.15) is 0 Å². The van der Waals surface area contributed by atoms with Gasteiger partial charge in [0.25, 0.3) is 0 Å². The van der Waals surface area contributed by atoms with Crippen LogP contribution in [0.2, 0.25) is 5.02 Å². The lowest BCUT2D eigenvalue weighted by molar-refractivity contribution is 0.0149. The first-order chi connectivity index (χ1) is 10.8. The SMILES string of the molecule is CCCCC(OC(=O)c1cc(CC)c(Cl)cc1C(=O)O)C(C)C. The Balaban J connectivity index is 3.12. The van der Waals surface area contributed by atoms with Crippen LogP contribution >= 0.6 is 11.6 Å². The van der Waals surface area contributed by atoms with Crippen LogP contribution in [0.4, 0.5) is 0 Å². The molecule has 0 radical (unpaired) electrons. The average Bonchev–Trinajstić information content (AvgIpc) is 2.50. The number of aromatic carboxylic acids is 1. The molecule has 0 saturated heterocycles. The molecule has 5 heteroatoms. The summed E-state index contributed by atoms with van der Waals surface area (Å²) in [5.41, 5.74) is 0.689. The third-order valence-electron chi connectivity index (χ3n) is 3.86. The van der Waals surface area contributed by atoms with Gasteiger partial charge in [-0.15, -0.1) is 0 Å². The van der Waals surface area contributed by atoms with Crippen LogP contribution in [0.1, 0.15) is 73.2 Å². The Morgan fingerprint density at radius 3 is 2.35 bits per heavy atom. The molecule has 4 nitrogen and oxygen atoms in total. The molecule has 1 rings (SSSR count). The summed E-state index contributed by atoms with van der Waals surface area (Å²) >= 11 is 6.06. The van der Waals surface area contributed by atoms with E-state index >= 15 is 0 Å². The lowest BCUT2D eigenvalue weighted by atomic mass is 10.00. The van der Waals surface area contributed by atoms with Gasteiger partial charge in [0, 0.05) is 5.02 Å². The van der Waals surface area contributed by atoms with Crippen LogP contribution in [0, 0.1) is 5.92 Å². The summed E-state index contributed by atoms with van der Waals surface area (Å²) < 4.78 is 5.58. The smallest absolute Gasteiger partial charge is 0.339 e. The molecule has 128 valence electrons. The summed E-state index contributed by atoms with van der Waals surface area (Å²) in [4.78, 5) is 23.9. The van der Waals surface area contributed by atoms with Crippen LogP contribution in [-0.2, 0) is 11.2 Å². The number of esters is 1. The summed E-state index contributed by atoms with van der Waals surface area (Å²) in [6, 6.07) is 2.86. The Bertz CT molecular complexity index is 566. The van der Waals surface area contributed by atoms with E-state index in [0.29, 0.717) is 11.4 Å². The van der Waals surface area contributed by atoms with Crippen molar-refractivity contribution in [3.8, 4) is 0 Å². The number of hydrogen-bond acceptors (Lipinski definition) is 3. The molecular formula is C18H25ClO4. The maximum atomic E-state index is 12.5. The van der Waals surface area contributed by atoms with Crippen molar-refractivity contribution >= 4 is 23.5 Å². The van der Waals surface area contributed by atoms with E-state index in [1.165, 1.54) is 12.1 Å². The average molecular weight is 341 g/mol. The topological polar surface area (TPSA) is 63.6 Å². The number of aryl methyl sites for hydroxylation is 1. The highest BCUT2D eigenvalue weighted by Gasteiger charge is 2.24. The van der Waals surface area contributed by atoms with Crippen LogP contribution < -0.4 is 0 Å². The van der Waals surface area contributed by atoms with E-state index in [4.69, 9.17) is 16.3 Å². The van der Waals surface area contributed by atoms with E-state index in [-0.39, 0.29) is 23.1 Å². The number of carboxylic acids is 1. The van der Waals surface area contributed by atoms with Gasteiger partial charge in [0.15, 0.2) is 0 Å². The summed E-state index contributed by atoms with van der Waals surface area (Å²) in [5, 5.41) is 9.68. The molecule has 23 heavy (non-hydrogen) atoms. The van der Waals surface area contributed by atoms with Crippen LogP contribution in [0.5, 0.6) is 0 Å². The van der Waals surface area contributed by atoms with E-state index in [1.54, 1.807) is 0 Å². The van der Waals surface area contributed by atoms with Gasteiger partial charge in [-0.3, -0.25) is 0 Å². The fraction of sp³-hybridized carbons (Fsp3) is 0.556. The number of carboxylic acid groups (broad SMARTS) is 1. The molecule has 0 aliphatic rings. The summed E-state index contributed by atoms with van der Waals surface area (Å²) in [6.45, 7) is 7.96. The number of halogens is 1. The van der Waals surface area contributed by atoms with Gasteiger partial charge in [0.2, 0.25) is 0 Å². The Morgan fingerprint density at radius 2 is 1.87 bits per heavy atom. The first-order valence-electron chi connectivity index (χ1n) is 8.08. The summed E-state index contributed by atoms with van der Waals surface area (Å²) in [5.74, 6) is -1.60. The summed E-state index contributed by atoms with van der Waals surface area (Å²) in [6.07, 6.45) is 3.15. The molecule has 0 aliphatic heterocycles. The van der Waals surface area contributed by atoms with Crippen molar-refractivity contribution in [3.63, 3.8) is 0 Å². The van der Waals surface area contributed by atoms with Gasteiger partial charge in [-0.05, 0) is 36.5 Å². The molecule has 0 amide bonds. The highest BCUT2D eigenvalue weighted by molar-refractivity contribution is 6.32. The molecule has 1 aromatic carbocycles. The fourth-order valence-corrected chi connectivity index (χ4v) is 2.67. The molecule has 1 atom stereocenters. The Labute approximate surface area is 142 Å². The third kappa shape index (κ3) is 5.24. The molecule has 0 bridgehead atoms. The third-order valence-corrected chi connectivity index (χ3v) is 4.21. The zero-order chi connectivity index (χ0) is 17.6. The standard InChI is InChI=1S/C18H25ClO4/c1-5-7-8-16(11(3)4)23-18(22)14-9-12(6-2)15(19)10-13(14)17(20)21/h9-11,16H,5-8H2,1-4H3,(H,20,21). The first kappa shape index (κ1) is 19.5. The number of unbranched alkanes of at least 4 members (excludes halogenated alkanes) is 1.